The number of amides is 3. The van der Waals surface area contributed by atoms with E-state index in [1.54, 1.807) is 16.8 Å². The van der Waals surface area contributed by atoms with Gasteiger partial charge in [-0.15, -0.1) is 0 Å². The summed E-state index contributed by atoms with van der Waals surface area (Å²) >= 11 is 0. The van der Waals surface area contributed by atoms with E-state index >= 15 is 0 Å². The number of hydrogen-bond acceptors (Lipinski definition) is 5. The van der Waals surface area contributed by atoms with E-state index in [-0.39, 0.29) is 30.3 Å². The van der Waals surface area contributed by atoms with E-state index in [9.17, 15) is 14.4 Å². The minimum absolute atomic E-state index is 0.00623. The molecule has 7 heteroatoms. The Bertz CT molecular complexity index is 373. The summed E-state index contributed by atoms with van der Waals surface area (Å²) in [5, 5.41) is 2.32. The molecule has 20 heavy (non-hydrogen) atoms. The molecule has 0 bridgehead atoms. The Hall–Kier alpha value is -1.47. The summed E-state index contributed by atoms with van der Waals surface area (Å²) in [5.74, 6) is -0.567. The number of rotatable bonds is 7. The Morgan fingerprint density at radius 2 is 2.20 bits per heavy atom. The zero-order chi connectivity index (χ0) is 15.1. The van der Waals surface area contributed by atoms with Crippen molar-refractivity contribution in [2.45, 2.75) is 32.2 Å². The Balaban J connectivity index is 2.47. The molecule has 0 aliphatic carbocycles. The van der Waals surface area contributed by atoms with Crippen molar-refractivity contribution >= 4 is 17.7 Å². The van der Waals surface area contributed by atoms with Crippen LogP contribution in [0.5, 0.6) is 0 Å². The van der Waals surface area contributed by atoms with Gasteiger partial charge in [0.25, 0.3) is 0 Å². The molecule has 0 saturated carbocycles. The zero-order valence-corrected chi connectivity index (χ0v) is 12.2. The Morgan fingerprint density at radius 1 is 1.50 bits per heavy atom. The molecule has 1 aliphatic rings. The van der Waals surface area contributed by atoms with E-state index in [0.29, 0.717) is 32.5 Å². The third kappa shape index (κ3) is 4.57. The maximum absolute atomic E-state index is 11.9. The lowest BCUT2D eigenvalue weighted by Crippen LogP contribution is -2.58. The molecule has 3 amide bonds. The second-order valence-electron chi connectivity index (χ2n) is 5.01. The summed E-state index contributed by atoms with van der Waals surface area (Å²) in [6.45, 7) is 3.66. The number of hydrogen-bond donors (Lipinski definition) is 2. The SMILES string of the molecule is CCC1C(=O)NC(=O)CN1CCC(=O)N(C)CCCN. The third-order valence-corrected chi connectivity index (χ3v) is 3.48. The van der Waals surface area contributed by atoms with E-state index < -0.39 is 0 Å². The van der Waals surface area contributed by atoms with E-state index in [2.05, 4.69) is 5.32 Å². The molecule has 0 aromatic heterocycles. The molecule has 0 aromatic carbocycles. The molecule has 7 nitrogen and oxygen atoms in total. The summed E-state index contributed by atoms with van der Waals surface area (Å²) < 4.78 is 0. The highest BCUT2D eigenvalue weighted by Gasteiger charge is 2.32. The van der Waals surface area contributed by atoms with Gasteiger partial charge in [-0.25, -0.2) is 0 Å². The quantitative estimate of drug-likeness (QED) is 0.580. The van der Waals surface area contributed by atoms with Crippen molar-refractivity contribution in [1.29, 1.82) is 0 Å². The van der Waals surface area contributed by atoms with E-state index in [0.717, 1.165) is 6.42 Å². The summed E-state index contributed by atoms with van der Waals surface area (Å²) in [6.07, 6.45) is 1.69. The lowest BCUT2D eigenvalue weighted by Gasteiger charge is -2.33. The number of nitrogens with zero attached hydrogens (tertiary/aromatic N) is 2. The van der Waals surface area contributed by atoms with Crippen LogP contribution in [0.4, 0.5) is 0 Å². The fourth-order valence-electron chi connectivity index (χ4n) is 2.28. The van der Waals surface area contributed by atoms with Crippen molar-refractivity contribution in [2.24, 2.45) is 5.73 Å². The van der Waals surface area contributed by atoms with E-state index in [1.807, 2.05) is 6.92 Å². The van der Waals surface area contributed by atoms with Crippen LogP contribution in [0.15, 0.2) is 0 Å². The standard InChI is InChI=1S/C13H24N4O3/c1-3-10-13(20)15-11(18)9-17(10)8-5-12(19)16(2)7-4-6-14/h10H,3-9,14H2,1-2H3,(H,15,18,20). The molecule has 1 fully saturated rings. The second-order valence-corrected chi connectivity index (χ2v) is 5.01. The average Bonchev–Trinajstić information content (AvgIpc) is 2.41. The van der Waals surface area contributed by atoms with Gasteiger partial charge in [-0.2, -0.15) is 0 Å². The number of carbonyl (C=O) groups is 3. The topological polar surface area (TPSA) is 95.7 Å². The molecular formula is C13H24N4O3. The molecule has 1 rings (SSSR count). The van der Waals surface area contributed by atoms with Gasteiger partial charge in [0.05, 0.1) is 12.6 Å². The van der Waals surface area contributed by atoms with Gasteiger partial charge < -0.3 is 10.6 Å². The van der Waals surface area contributed by atoms with Gasteiger partial charge in [-0.3, -0.25) is 24.6 Å². The number of piperazine rings is 1. The maximum Gasteiger partial charge on any atom is 0.243 e. The largest absolute Gasteiger partial charge is 0.346 e. The molecule has 1 atom stereocenters. The number of nitrogens with two attached hydrogens (primary N) is 1. The Morgan fingerprint density at radius 3 is 2.80 bits per heavy atom. The van der Waals surface area contributed by atoms with Gasteiger partial charge in [0.15, 0.2) is 0 Å². The third-order valence-electron chi connectivity index (χ3n) is 3.48. The molecule has 1 unspecified atom stereocenters. The minimum Gasteiger partial charge on any atom is -0.346 e. The Kier molecular flexibility index (Phi) is 6.60. The summed E-state index contributed by atoms with van der Waals surface area (Å²) in [7, 11) is 1.74. The predicted octanol–water partition coefficient (Wildman–Crippen LogP) is -1.08. The van der Waals surface area contributed by atoms with Crippen molar-refractivity contribution in [2.75, 3.05) is 33.2 Å². The van der Waals surface area contributed by atoms with Crippen LogP contribution in [-0.2, 0) is 14.4 Å². The molecule has 1 aliphatic heterocycles. The van der Waals surface area contributed by atoms with Crippen LogP contribution in [0.25, 0.3) is 0 Å². The van der Waals surface area contributed by atoms with Gasteiger partial charge >= 0.3 is 0 Å². The summed E-state index contributed by atoms with van der Waals surface area (Å²) in [6, 6.07) is -0.324. The van der Waals surface area contributed by atoms with Crippen molar-refractivity contribution in [3.05, 3.63) is 0 Å². The molecule has 114 valence electrons. The fourth-order valence-corrected chi connectivity index (χ4v) is 2.28. The van der Waals surface area contributed by atoms with Crippen LogP contribution in [0.3, 0.4) is 0 Å². The van der Waals surface area contributed by atoms with Crippen LogP contribution in [0.1, 0.15) is 26.2 Å². The van der Waals surface area contributed by atoms with Crippen LogP contribution in [0.2, 0.25) is 0 Å². The van der Waals surface area contributed by atoms with Gasteiger partial charge in [-0.05, 0) is 19.4 Å². The first-order valence-corrected chi connectivity index (χ1v) is 7.01. The number of carbonyl (C=O) groups excluding carboxylic acids is 3. The summed E-state index contributed by atoms with van der Waals surface area (Å²) in [4.78, 5) is 38.4. The monoisotopic (exact) mass is 284 g/mol. The van der Waals surface area contributed by atoms with Gasteiger partial charge in [0.1, 0.15) is 0 Å². The first-order chi connectivity index (χ1) is 9.49. The fraction of sp³-hybridized carbons (Fsp3) is 0.769. The molecule has 3 N–H and O–H groups in total. The van der Waals surface area contributed by atoms with Crippen molar-refractivity contribution in [1.82, 2.24) is 15.1 Å². The molecule has 0 aromatic rings. The smallest absolute Gasteiger partial charge is 0.243 e. The maximum atomic E-state index is 11.9. The lowest BCUT2D eigenvalue weighted by molar-refractivity contribution is -0.141. The normalized spacial score (nSPS) is 19.9. The molecule has 1 heterocycles. The molecule has 1 saturated heterocycles. The summed E-state index contributed by atoms with van der Waals surface area (Å²) in [5.41, 5.74) is 5.41. The predicted molar refractivity (Wildman–Crippen MR) is 74.7 cm³/mol. The first kappa shape index (κ1) is 16.6. The van der Waals surface area contributed by atoms with Crippen molar-refractivity contribution < 1.29 is 14.4 Å². The molecule has 0 radical (unpaired) electrons. The highest BCUT2D eigenvalue weighted by Crippen LogP contribution is 2.10. The van der Waals surface area contributed by atoms with E-state index in [4.69, 9.17) is 5.73 Å². The first-order valence-electron chi connectivity index (χ1n) is 7.01. The van der Waals surface area contributed by atoms with Crippen molar-refractivity contribution in [3.63, 3.8) is 0 Å². The van der Waals surface area contributed by atoms with Crippen LogP contribution >= 0.6 is 0 Å². The van der Waals surface area contributed by atoms with Crippen molar-refractivity contribution in [3.8, 4) is 0 Å². The number of nitrogens with one attached hydrogen (secondary N) is 1. The highest BCUT2D eigenvalue weighted by atomic mass is 16.2. The van der Waals surface area contributed by atoms with Gasteiger partial charge in [0, 0.05) is 26.6 Å². The molecule has 0 spiro atoms. The minimum atomic E-state index is -0.324. The van der Waals surface area contributed by atoms with Crippen LogP contribution in [-0.4, -0.2) is 66.8 Å². The zero-order valence-electron chi connectivity index (χ0n) is 12.2. The van der Waals surface area contributed by atoms with Gasteiger partial charge in [0.2, 0.25) is 17.7 Å². The highest BCUT2D eigenvalue weighted by molar-refractivity contribution is 6.01. The van der Waals surface area contributed by atoms with Gasteiger partial charge in [-0.1, -0.05) is 6.92 Å². The second kappa shape index (κ2) is 7.96. The Labute approximate surface area is 119 Å². The average molecular weight is 284 g/mol. The van der Waals surface area contributed by atoms with Crippen LogP contribution < -0.4 is 11.1 Å². The number of imide groups is 1. The van der Waals surface area contributed by atoms with Crippen LogP contribution in [0, 0.1) is 0 Å². The molecular weight excluding hydrogens is 260 g/mol. The van der Waals surface area contributed by atoms with E-state index in [1.165, 1.54) is 0 Å². The lowest BCUT2D eigenvalue weighted by atomic mass is 10.1.